The number of aromatic hydroxyl groups is 1. The summed E-state index contributed by atoms with van der Waals surface area (Å²) in [5, 5.41) is 10.1. The zero-order valence-corrected chi connectivity index (χ0v) is 11.1. The molecule has 0 aromatic heterocycles. The minimum absolute atomic E-state index is 0.325. The minimum Gasteiger partial charge on any atom is -0.507 e. The Bertz CT molecular complexity index is 632. The lowest BCUT2D eigenvalue weighted by atomic mass is 9.85. The van der Waals surface area contributed by atoms with Gasteiger partial charge in [0.05, 0.1) is 14.2 Å². The van der Waals surface area contributed by atoms with Gasteiger partial charge in [-0.15, -0.1) is 0 Å². The molecule has 0 bridgehead atoms. The molecular formula is C16H16O3. The fraction of sp³-hybridized carbons (Fsp3) is 0.250. The second kappa shape index (κ2) is 4.50. The molecule has 0 aliphatic heterocycles. The molecule has 98 valence electrons. The third kappa shape index (κ3) is 1.82. The first-order valence-corrected chi connectivity index (χ1v) is 6.30. The molecule has 3 nitrogen and oxygen atoms in total. The van der Waals surface area contributed by atoms with Gasteiger partial charge < -0.3 is 14.6 Å². The van der Waals surface area contributed by atoms with E-state index >= 15 is 0 Å². The van der Waals surface area contributed by atoms with Gasteiger partial charge in [-0.25, -0.2) is 0 Å². The van der Waals surface area contributed by atoms with Gasteiger partial charge in [-0.05, 0) is 47.7 Å². The minimum atomic E-state index is 0.325. The number of hydrogen-bond donors (Lipinski definition) is 1. The first-order chi connectivity index (χ1) is 9.24. The highest BCUT2D eigenvalue weighted by Gasteiger charge is 2.21. The number of fused-ring (bicyclic) bond motifs is 3. The Morgan fingerprint density at radius 3 is 2.37 bits per heavy atom. The second-order valence-corrected chi connectivity index (χ2v) is 4.68. The molecule has 0 heterocycles. The van der Waals surface area contributed by atoms with E-state index in [1.54, 1.807) is 20.3 Å². The quantitative estimate of drug-likeness (QED) is 0.897. The largest absolute Gasteiger partial charge is 0.507 e. The monoisotopic (exact) mass is 256 g/mol. The number of rotatable bonds is 2. The van der Waals surface area contributed by atoms with Crippen LogP contribution in [0.15, 0.2) is 30.3 Å². The average Bonchev–Trinajstić information content (AvgIpc) is 2.45. The molecular weight excluding hydrogens is 240 g/mol. The molecule has 2 aromatic carbocycles. The normalized spacial score (nSPS) is 12.5. The molecule has 0 saturated carbocycles. The molecule has 2 aromatic rings. The molecule has 0 unspecified atom stereocenters. The van der Waals surface area contributed by atoms with Gasteiger partial charge >= 0.3 is 0 Å². The van der Waals surface area contributed by atoms with Crippen LogP contribution in [0.3, 0.4) is 0 Å². The topological polar surface area (TPSA) is 38.7 Å². The summed E-state index contributed by atoms with van der Waals surface area (Å²) in [6, 6.07) is 9.63. The van der Waals surface area contributed by atoms with E-state index in [0.717, 1.165) is 29.7 Å². The lowest BCUT2D eigenvalue weighted by Crippen LogP contribution is -2.05. The Kier molecular flexibility index (Phi) is 2.82. The Balaban J connectivity index is 2.26. The summed E-state index contributed by atoms with van der Waals surface area (Å²) < 4.78 is 10.7. The maximum absolute atomic E-state index is 10.1. The van der Waals surface area contributed by atoms with E-state index in [1.165, 1.54) is 11.1 Å². The third-order valence-corrected chi connectivity index (χ3v) is 3.67. The van der Waals surface area contributed by atoms with Crippen LogP contribution in [0.2, 0.25) is 0 Å². The first-order valence-electron chi connectivity index (χ1n) is 6.30. The molecule has 3 heteroatoms. The molecule has 19 heavy (non-hydrogen) atoms. The molecule has 3 rings (SSSR count). The fourth-order valence-electron chi connectivity index (χ4n) is 2.74. The standard InChI is InChI=1S/C16H16O3/c1-18-14-8-11-7-6-10-4-3-5-13(17)16(10)12(11)9-15(14)19-2/h3-5,8-9,17H,6-7H2,1-2H3. The van der Waals surface area contributed by atoms with Gasteiger partial charge in [-0.1, -0.05) is 12.1 Å². The van der Waals surface area contributed by atoms with Crippen molar-refractivity contribution in [1.29, 1.82) is 0 Å². The van der Waals surface area contributed by atoms with Crippen LogP contribution >= 0.6 is 0 Å². The summed E-state index contributed by atoms with van der Waals surface area (Å²) in [7, 11) is 3.26. The molecule has 1 aliphatic rings. The van der Waals surface area contributed by atoms with Crippen molar-refractivity contribution in [3.63, 3.8) is 0 Å². The van der Waals surface area contributed by atoms with Crippen molar-refractivity contribution in [2.45, 2.75) is 12.8 Å². The zero-order valence-electron chi connectivity index (χ0n) is 11.1. The van der Waals surface area contributed by atoms with Gasteiger partial charge in [0.25, 0.3) is 0 Å². The smallest absolute Gasteiger partial charge is 0.161 e. The summed E-state index contributed by atoms with van der Waals surface area (Å²) in [6.07, 6.45) is 1.89. The average molecular weight is 256 g/mol. The van der Waals surface area contributed by atoms with E-state index in [9.17, 15) is 5.11 Å². The van der Waals surface area contributed by atoms with Crippen LogP contribution in [0, 0.1) is 0 Å². The van der Waals surface area contributed by atoms with Crippen LogP contribution in [0.5, 0.6) is 17.2 Å². The SMILES string of the molecule is COc1cc2c(cc1OC)-c1c(O)cccc1CC2. The Morgan fingerprint density at radius 1 is 0.947 bits per heavy atom. The van der Waals surface area contributed by atoms with Crippen molar-refractivity contribution in [2.24, 2.45) is 0 Å². The van der Waals surface area contributed by atoms with E-state index in [2.05, 4.69) is 6.07 Å². The van der Waals surface area contributed by atoms with E-state index < -0.39 is 0 Å². The molecule has 0 saturated heterocycles. The van der Waals surface area contributed by atoms with Crippen LogP contribution < -0.4 is 9.47 Å². The molecule has 1 aliphatic carbocycles. The first kappa shape index (κ1) is 11.9. The van der Waals surface area contributed by atoms with Crippen molar-refractivity contribution >= 4 is 0 Å². The van der Waals surface area contributed by atoms with Crippen molar-refractivity contribution in [3.8, 4) is 28.4 Å². The molecule has 0 fully saturated rings. The molecule has 0 amide bonds. The maximum atomic E-state index is 10.1. The zero-order chi connectivity index (χ0) is 13.4. The Hall–Kier alpha value is -2.16. The lowest BCUT2D eigenvalue weighted by molar-refractivity contribution is 0.354. The number of hydrogen-bond acceptors (Lipinski definition) is 3. The summed E-state index contributed by atoms with van der Waals surface area (Å²) in [4.78, 5) is 0. The van der Waals surface area contributed by atoms with E-state index in [-0.39, 0.29) is 0 Å². The van der Waals surface area contributed by atoms with Crippen molar-refractivity contribution in [3.05, 3.63) is 41.5 Å². The van der Waals surface area contributed by atoms with Crippen LogP contribution in [-0.2, 0) is 12.8 Å². The van der Waals surface area contributed by atoms with Gasteiger partial charge in [0.1, 0.15) is 5.75 Å². The van der Waals surface area contributed by atoms with Gasteiger partial charge in [0.2, 0.25) is 0 Å². The number of phenolic OH excluding ortho intramolecular Hbond substituents is 1. The number of benzene rings is 2. The molecule has 0 spiro atoms. The fourth-order valence-corrected chi connectivity index (χ4v) is 2.74. The molecule has 0 atom stereocenters. The Morgan fingerprint density at radius 2 is 1.63 bits per heavy atom. The summed E-state index contributed by atoms with van der Waals surface area (Å²) in [5.74, 6) is 1.75. The molecule has 1 N–H and O–H groups in total. The van der Waals surface area contributed by atoms with Crippen LogP contribution in [0.25, 0.3) is 11.1 Å². The number of phenols is 1. The van der Waals surface area contributed by atoms with Crippen molar-refractivity contribution in [1.82, 2.24) is 0 Å². The van der Waals surface area contributed by atoms with E-state index in [1.807, 2.05) is 18.2 Å². The van der Waals surface area contributed by atoms with E-state index in [4.69, 9.17) is 9.47 Å². The highest BCUT2D eigenvalue weighted by Crippen LogP contribution is 2.43. The predicted molar refractivity (Wildman–Crippen MR) is 74.1 cm³/mol. The number of ether oxygens (including phenoxy) is 2. The van der Waals surface area contributed by atoms with Crippen LogP contribution in [-0.4, -0.2) is 19.3 Å². The summed E-state index contributed by atoms with van der Waals surface area (Å²) >= 11 is 0. The predicted octanol–water partition coefficient (Wildman–Crippen LogP) is 3.18. The van der Waals surface area contributed by atoms with Gasteiger partial charge in [-0.3, -0.25) is 0 Å². The lowest BCUT2D eigenvalue weighted by Gasteiger charge is -2.22. The summed E-state index contributed by atoms with van der Waals surface area (Å²) in [6.45, 7) is 0. The highest BCUT2D eigenvalue weighted by atomic mass is 16.5. The highest BCUT2D eigenvalue weighted by molar-refractivity contribution is 5.80. The molecule has 0 radical (unpaired) electrons. The van der Waals surface area contributed by atoms with Gasteiger partial charge in [0.15, 0.2) is 11.5 Å². The maximum Gasteiger partial charge on any atom is 0.161 e. The van der Waals surface area contributed by atoms with Crippen molar-refractivity contribution in [2.75, 3.05) is 14.2 Å². The third-order valence-electron chi connectivity index (χ3n) is 3.67. The van der Waals surface area contributed by atoms with Gasteiger partial charge in [-0.2, -0.15) is 0 Å². The van der Waals surface area contributed by atoms with E-state index in [0.29, 0.717) is 11.5 Å². The van der Waals surface area contributed by atoms with Crippen LogP contribution in [0.1, 0.15) is 11.1 Å². The Labute approximate surface area is 112 Å². The van der Waals surface area contributed by atoms with Crippen LogP contribution in [0.4, 0.5) is 0 Å². The van der Waals surface area contributed by atoms with Gasteiger partial charge in [0, 0.05) is 5.56 Å². The van der Waals surface area contributed by atoms with Crippen molar-refractivity contribution < 1.29 is 14.6 Å². The second-order valence-electron chi connectivity index (χ2n) is 4.68. The number of methoxy groups -OCH3 is 2. The number of aryl methyl sites for hydroxylation is 2. The summed E-state index contributed by atoms with van der Waals surface area (Å²) in [5.41, 5.74) is 4.33.